The number of halogens is 2. The van der Waals surface area contributed by atoms with Gasteiger partial charge >= 0.3 is 0 Å². The van der Waals surface area contributed by atoms with Crippen LogP contribution < -0.4 is 5.73 Å². The molecule has 2 nitrogen and oxygen atoms in total. The SMILES string of the molecule is CC(C)C(C)(C(N)=O)C(C)C.Cl.Cl. The Balaban J connectivity index is -0.000000500. The summed E-state index contributed by atoms with van der Waals surface area (Å²) in [5.74, 6) is 0.419. The molecule has 2 N–H and O–H groups in total. The average Bonchev–Trinajstić information content (AvgIpc) is 1.84. The van der Waals surface area contributed by atoms with Crippen molar-refractivity contribution in [2.75, 3.05) is 0 Å². The number of rotatable bonds is 3. The normalized spacial score (nSPS) is 10.7. The maximum Gasteiger partial charge on any atom is 0.223 e. The lowest BCUT2D eigenvalue weighted by Gasteiger charge is -2.34. The van der Waals surface area contributed by atoms with Gasteiger partial charge in [0.25, 0.3) is 0 Å². The van der Waals surface area contributed by atoms with Gasteiger partial charge in [0.1, 0.15) is 0 Å². The summed E-state index contributed by atoms with van der Waals surface area (Å²) in [7, 11) is 0. The molecule has 0 radical (unpaired) electrons. The molecule has 0 unspecified atom stereocenters. The van der Waals surface area contributed by atoms with Crippen LogP contribution in [0.25, 0.3) is 0 Å². The predicted molar refractivity (Wildman–Crippen MR) is 61.5 cm³/mol. The van der Waals surface area contributed by atoms with Crippen LogP contribution in [0.3, 0.4) is 0 Å². The van der Waals surface area contributed by atoms with Crippen molar-refractivity contribution < 1.29 is 4.79 Å². The summed E-state index contributed by atoms with van der Waals surface area (Å²) in [4.78, 5) is 11.1. The van der Waals surface area contributed by atoms with Crippen LogP contribution >= 0.6 is 24.8 Å². The highest BCUT2D eigenvalue weighted by molar-refractivity contribution is 5.85. The largest absolute Gasteiger partial charge is 0.369 e. The lowest BCUT2D eigenvalue weighted by Crippen LogP contribution is -2.42. The van der Waals surface area contributed by atoms with Crippen molar-refractivity contribution in [3.63, 3.8) is 0 Å². The van der Waals surface area contributed by atoms with E-state index >= 15 is 0 Å². The molecular weight excluding hydrogens is 209 g/mol. The summed E-state index contributed by atoms with van der Waals surface area (Å²) >= 11 is 0. The maximum atomic E-state index is 11.1. The molecule has 0 bridgehead atoms. The van der Waals surface area contributed by atoms with E-state index in [1.807, 2.05) is 34.6 Å². The van der Waals surface area contributed by atoms with E-state index in [4.69, 9.17) is 5.73 Å². The number of carbonyl (C=O) groups is 1. The summed E-state index contributed by atoms with van der Waals surface area (Å²) < 4.78 is 0. The molecule has 0 spiro atoms. The Labute approximate surface area is 93.5 Å². The van der Waals surface area contributed by atoms with E-state index in [2.05, 4.69) is 0 Å². The van der Waals surface area contributed by atoms with Crippen LogP contribution in [0.15, 0.2) is 0 Å². The van der Waals surface area contributed by atoms with Crippen molar-refractivity contribution in [3.8, 4) is 0 Å². The fourth-order valence-electron chi connectivity index (χ4n) is 1.24. The summed E-state index contributed by atoms with van der Waals surface area (Å²) in [6, 6.07) is 0. The van der Waals surface area contributed by atoms with E-state index in [0.29, 0.717) is 11.8 Å². The number of hydrogen-bond acceptors (Lipinski definition) is 1. The molecule has 0 atom stereocenters. The minimum Gasteiger partial charge on any atom is -0.369 e. The third-order valence-electron chi connectivity index (χ3n) is 2.93. The lowest BCUT2D eigenvalue weighted by atomic mass is 9.70. The second-order valence-electron chi connectivity index (χ2n) is 3.96. The van der Waals surface area contributed by atoms with Gasteiger partial charge in [-0.25, -0.2) is 0 Å². The number of hydrogen-bond donors (Lipinski definition) is 1. The zero-order valence-corrected chi connectivity index (χ0v) is 10.6. The van der Waals surface area contributed by atoms with Gasteiger partial charge in [-0.3, -0.25) is 4.79 Å². The van der Waals surface area contributed by atoms with Crippen molar-refractivity contribution in [1.82, 2.24) is 0 Å². The number of carbonyl (C=O) groups excluding carboxylic acids is 1. The highest BCUT2D eigenvalue weighted by Gasteiger charge is 2.37. The number of nitrogens with two attached hydrogens (primary N) is 1. The van der Waals surface area contributed by atoms with Gasteiger partial charge in [0.05, 0.1) is 5.41 Å². The van der Waals surface area contributed by atoms with Crippen LogP contribution in [0.1, 0.15) is 34.6 Å². The van der Waals surface area contributed by atoms with Crippen LogP contribution in [0.4, 0.5) is 0 Å². The molecule has 0 aliphatic rings. The summed E-state index contributed by atoms with van der Waals surface area (Å²) in [6.07, 6.45) is 0. The quantitative estimate of drug-likeness (QED) is 0.795. The van der Waals surface area contributed by atoms with Crippen LogP contribution in [0, 0.1) is 17.3 Å². The smallest absolute Gasteiger partial charge is 0.223 e. The molecule has 1 amide bonds. The van der Waals surface area contributed by atoms with Gasteiger partial charge in [-0.2, -0.15) is 0 Å². The van der Waals surface area contributed by atoms with Gasteiger partial charge in [-0.05, 0) is 11.8 Å². The molecule has 0 aromatic heterocycles. The van der Waals surface area contributed by atoms with Gasteiger partial charge in [-0.1, -0.05) is 34.6 Å². The summed E-state index contributed by atoms with van der Waals surface area (Å²) in [6.45, 7) is 10.1. The molecule has 82 valence electrons. The van der Waals surface area contributed by atoms with Crippen LogP contribution in [0.5, 0.6) is 0 Å². The molecule has 0 aliphatic carbocycles. The molecule has 0 saturated carbocycles. The van der Waals surface area contributed by atoms with Crippen molar-refractivity contribution in [1.29, 1.82) is 0 Å². The second-order valence-corrected chi connectivity index (χ2v) is 3.96. The van der Waals surface area contributed by atoms with E-state index in [9.17, 15) is 4.79 Å². The van der Waals surface area contributed by atoms with Crippen molar-refractivity contribution in [2.45, 2.75) is 34.6 Å². The van der Waals surface area contributed by atoms with Crippen molar-refractivity contribution in [3.05, 3.63) is 0 Å². The Morgan fingerprint density at radius 2 is 1.31 bits per heavy atom. The summed E-state index contributed by atoms with van der Waals surface area (Å²) in [5, 5.41) is 0. The molecule has 0 aromatic carbocycles. The first kappa shape index (κ1) is 18.8. The predicted octanol–water partition coefficient (Wildman–Crippen LogP) is 2.63. The highest BCUT2D eigenvalue weighted by Crippen LogP contribution is 2.34. The Bertz CT molecular complexity index is 150. The van der Waals surface area contributed by atoms with E-state index < -0.39 is 0 Å². The minimum atomic E-state index is -0.361. The lowest BCUT2D eigenvalue weighted by molar-refractivity contribution is -0.131. The molecular formula is C9H21Cl2NO. The Morgan fingerprint density at radius 3 is 1.31 bits per heavy atom. The monoisotopic (exact) mass is 229 g/mol. The third-order valence-corrected chi connectivity index (χ3v) is 2.93. The molecule has 0 aliphatic heterocycles. The first-order valence-electron chi connectivity index (χ1n) is 4.13. The zero-order valence-electron chi connectivity index (χ0n) is 8.96. The molecule has 0 saturated heterocycles. The van der Waals surface area contributed by atoms with E-state index in [1.165, 1.54) is 0 Å². The Hall–Kier alpha value is 0.0500. The van der Waals surface area contributed by atoms with Crippen molar-refractivity contribution >= 4 is 30.7 Å². The van der Waals surface area contributed by atoms with Gasteiger partial charge in [0.2, 0.25) is 5.91 Å². The fourth-order valence-corrected chi connectivity index (χ4v) is 1.24. The highest BCUT2D eigenvalue weighted by atomic mass is 35.5. The fraction of sp³-hybridized carbons (Fsp3) is 0.889. The van der Waals surface area contributed by atoms with Gasteiger partial charge in [0.15, 0.2) is 0 Å². The van der Waals surface area contributed by atoms with E-state index in [0.717, 1.165) is 0 Å². The standard InChI is InChI=1S/C9H19NO.2ClH/c1-6(2)9(5,7(3)4)8(10)11;;/h6-7H,1-5H3,(H2,10,11);2*1H. The van der Waals surface area contributed by atoms with Crippen LogP contribution in [-0.2, 0) is 4.79 Å². The first-order valence-corrected chi connectivity index (χ1v) is 4.13. The van der Waals surface area contributed by atoms with Crippen molar-refractivity contribution in [2.24, 2.45) is 23.0 Å². The van der Waals surface area contributed by atoms with E-state index in [-0.39, 0.29) is 36.1 Å². The Kier molecular flexibility index (Phi) is 9.37. The molecule has 0 rings (SSSR count). The second kappa shape index (κ2) is 6.50. The van der Waals surface area contributed by atoms with Crippen LogP contribution in [0.2, 0.25) is 0 Å². The number of amides is 1. The van der Waals surface area contributed by atoms with E-state index in [1.54, 1.807) is 0 Å². The zero-order chi connectivity index (χ0) is 9.23. The average molecular weight is 230 g/mol. The van der Waals surface area contributed by atoms with Crippen LogP contribution in [-0.4, -0.2) is 5.91 Å². The van der Waals surface area contributed by atoms with Gasteiger partial charge in [0, 0.05) is 0 Å². The first-order chi connectivity index (χ1) is 4.83. The Morgan fingerprint density at radius 1 is 1.08 bits per heavy atom. The molecule has 4 heteroatoms. The maximum absolute atomic E-state index is 11.1. The molecule has 0 fully saturated rings. The molecule has 0 aromatic rings. The molecule has 13 heavy (non-hydrogen) atoms. The van der Waals surface area contributed by atoms with Gasteiger partial charge < -0.3 is 5.73 Å². The third kappa shape index (κ3) is 3.74. The molecule has 0 heterocycles. The summed E-state index contributed by atoms with van der Waals surface area (Å²) in [5.41, 5.74) is 4.97. The number of primary amides is 1. The van der Waals surface area contributed by atoms with Gasteiger partial charge in [-0.15, -0.1) is 24.8 Å². The topological polar surface area (TPSA) is 43.1 Å². The minimum absolute atomic E-state index is 0.